The quantitative estimate of drug-likeness (QED) is 0.784. The van der Waals surface area contributed by atoms with E-state index in [1.54, 1.807) is 12.1 Å². The highest BCUT2D eigenvalue weighted by atomic mass is 35.5. The molecule has 0 saturated heterocycles. The summed E-state index contributed by atoms with van der Waals surface area (Å²) in [7, 11) is 0. The zero-order chi connectivity index (χ0) is 12.8. The molecule has 0 aliphatic heterocycles. The van der Waals surface area contributed by atoms with Crippen LogP contribution in [0.5, 0.6) is 0 Å². The van der Waals surface area contributed by atoms with Crippen molar-refractivity contribution in [3.63, 3.8) is 0 Å². The number of alkyl halides is 1. The van der Waals surface area contributed by atoms with E-state index in [1.807, 2.05) is 0 Å². The number of nitrogens with one attached hydrogen (secondary N) is 1. The molecule has 0 aliphatic carbocycles. The Labute approximate surface area is 116 Å². The van der Waals surface area contributed by atoms with Crippen molar-refractivity contribution in [2.75, 3.05) is 6.54 Å². The second kappa shape index (κ2) is 7.24. The van der Waals surface area contributed by atoms with Crippen LogP contribution in [0.3, 0.4) is 0 Å². The zero-order valence-electron chi connectivity index (χ0n) is 10.0. The lowest BCUT2D eigenvalue weighted by atomic mass is 9.99. The summed E-state index contributed by atoms with van der Waals surface area (Å²) in [5.74, 6) is 0.349. The maximum Gasteiger partial charge on any atom is 0.261 e. The van der Waals surface area contributed by atoms with Gasteiger partial charge in [-0.3, -0.25) is 4.79 Å². The number of hydrogen-bond donors (Lipinski definition) is 1. The number of rotatable bonds is 6. The van der Waals surface area contributed by atoms with E-state index in [0.717, 1.165) is 12.8 Å². The van der Waals surface area contributed by atoms with Gasteiger partial charge in [-0.1, -0.05) is 38.3 Å². The van der Waals surface area contributed by atoms with E-state index in [-0.39, 0.29) is 11.3 Å². The van der Waals surface area contributed by atoms with Crippen molar-refractivity contribution in [2.45, 2.75) is 32.1 Å². The highest BCUT2D eigenvalue weighted by Gasteiger charge is 2.17. The van der Waals surface area contributed by atoms with Gasteiger partial charge in [0.25, 0.3) is 5.91 Å². The summed E-state index contributed by atoms with van der Waals surface area (Å²) in [6.45, 7) is 4.73. The molecule has 0 fully saturated rings. The lowest BCUT2D eigenvalue weighted by molar-refractivity contribution is 0.0955. The number of amides is 1. The monoisotopic (exact) mass is 293 g/mol. The Bertz CT molecular complexity index is 363. The Morgan fingerprint density at radius 3 is 2.53 bits per heavy atom. The molecular formula is C12H17Cl2NOS. The summed E-state index contributed by atoms with van der Waals surface area (Å²) in [4.78, 5) is 12.4. The number of hydrogen-bond acceptors (Lipinski definition) is 2. The topological polar surface area (TPSA) is 29.1 Å². The van der Waals surface area contributed by atoms with Crippen molar-refractivity contribution in [3.05, 3.63) is 21.3 Å². The molecule has 1 N–H and O–H groups in total. The fourth-order valence-electron chi connectivity index (χ4n) is 1.68. The predicted octanol–water partition coefficient (Wildman–Crippen LogP) is 4.17. The maximum absolute atomic E-state index is 11.7. The van der Waals surface area contributed by atoms with Crippen molar-refractivity contribution >= 4 is 40.4 Å². The first-order valence-electron chi connectivity index (χ1n) is 5.76. The lowest BCUT2D eigenvalue weighted by Gasteiger charge is -2.19. The fourth-order valence-corrected chi connectivity index (χ4v) is 3.07. The maximum atomic E-state index is 11.7. The van der Waals surface area contributed by atoms with Gasteiger partial charge in [-0.25, -0.2) is 0 Å². The second-order valence-corrected chi connectivity index (χ2v) is 6.18. The molecule has 96 valence electrons. The Hall–Kier alpha value is -0.250. The molecule has 0 radical (unpaired) electrons. The first kappa shape index (κ1) is 14.8. The third-order valence-corrected chi connectivity index (χ3v) is 4.56. The van der Waals surface area contributed by atoms with Gasteiger partial charge in [-0.15, -0.1) is 22.9 Å². The molecule has 1 aromatic rings. The first-order valence-corrected chi connectivity index (χ1v) is 7.39. The van der Waals surface area contributed by atoms with Gasteiger partial charge >= 0.3 is 0 Å². The highest BCUT2D eigenvalue weighted by Crippen LogP contribution is 2.22. The van der Waals surface area contributed by atoms with E-state index in [0.29, 0.717) is 21.7 Å². The number of thiophene rings is 1. The Morgan fingerprint density at radius 1 is 1.41 bits per heavy atom. The van der Waals surface area contributed by atoms with E-state index in [9.17, 15) is 4.79 Å². The van der Waals surface area contributed by atoms with Crippen LogP contribution in [0.25, 0.3) is 0 Å². The van der Waals surface area contributed by atoms with Gasteiger partial charge in [0.05, 0.1) is 14.6 Å². The van der Waals surface area contributed by atoms with Gasteiger partial charge in [0.2, 0.25) is 0 Å². The molecule has 1 heterocycles. The van der Waals surface area contributed by atoms with Crippen LogP contribution in [0.15, 0.2) is 12.1 Å². The largest absolute Gasteiger partial charge is 0.350 e. The smallest absolute Gasteiger partial charge is 0.261 e. The third kappa shape index (κ3) is 4.49. The lowest BCUT2D eigenvalue weighted by Crippen LogP contribution is -2.32. The van der Waals surface area contributed by atoms with E-state index in [2.05, 4.69) is 19.2 Å². The van der Waals surface area contributed by atoms with E-state index < -0.39 is 0 Å². The predicted molar refractivity (Wildman–Crippen MR) is 75.4 cm³/mol. The normalized spacial score (nSPS) is 12.8. The summed E-state index contributed by atoms with van der Waals surface area (Å²) in [5, 5.41) is 2.83. The van der Waals surface area contributed by atoms with Crippen molar-refractivity contribution in [1.82, 2.24) is 5.32 Å². The Kier molecular flexibility index (Phi) is 6.31. The number of carbonyl (C=O) groups is 1. The molecule has 1 rings (SSSR count). The van der Waals surface area contributed by atoms with Gasteiger partial charge in [0, 0.05) is 6.54 Å². The van der Waals surface area contributed by atoms with E-state index >= 15 is 0 Å². The minimum atomic E-state index is -0.0986. The molecule has 0 saturated carbocycles. The summed E-state index contributed by atoms with van der Waals surface area (Å²) in [5.41, 5.74) is 0. The van der Waals surface area contributed by atoms with Crippen LogP contribution in [0.4, 0.5) is 0 Å². The molecule has 1 aromatic heterocycles. The molecule has 1 amide bonds. The molecule has 0 aliphatic rings. The van der Waals surface area contributed by atoms with Gasteiger partial charge in [-0.05, 0) is 18.1 Å². The SMILES string of the molecule is CCC(CC)C(Cl)CNC(=O)c1ccc(Cl)s1. The minimum absolute atomic E-state index is 0.00983. The summed E-state index contributed by atoms with van der Waals surface area (Å²) < 4.78 is 0.623. The summed E-state index contributed by atoms with van der Waals surface area (Å²) in [6, 6.07) is 3.45. The Morgan fingerprint density at radius 2 is 2.06 bits per heavy atom. The van der Waals surface area contributed by atoms with Crippen LogP contribution < -0.4 is 5.32 Å². The fraction of sp³-hybridized carbons (Fsp3) is 0.583. The van der Waals surface area contributed by atoms with Crippen molar-refractivity contribution in [2.24, 2.45) is 5.92 Å². The highest BCUT2D eigenvalue weighted by molar-refractivity contribution is 7.17. The third-order valence-electron chi connectivity index (χ3n) is 2.81. The molecule has 0 spiro atoms. The summed E-state index contributed by atoms with van der Waals surface area (Å²) >= 11 is 13.3. The van der Waals surface area contributed by atoms with E-state index in [4.69, 9.17) is 23.2 Å². The molecule has 0 aromatic carbocycles. The van der Waals surface area contributed by atoms with Gasteiger partial charge in [0.15, 0.2) is 0 Å². The second-order valence-electron chi connectivity index (χ2n) is 3.91. The van der Waals surface area contributed by atoms with Crippen LogP contribution in [0.2, 0.25) is 4.34 Å². The molecular weight excluding hydrogens is 277 g/mol. The van der Waals surface area contributed by atoms with Crippen molar-refractivity contribution < 1.29 is 4.79 Å². The number of halogens is 2. The summed E-state index contributed by atoms with van der Waals surface area (Å²) in [6.07, 6.45) is 2.07. The zero-order valence-corrected chi connectivity index (χ0v) is 12.3. The average Bonchev–Trinajstić information content (AvgIpc) is 2.74. The first-order chi connectivity index (χ1) is 8.08. The average molecular weight is 294 g/mol. The molecule has 2 nitrogen and oxygen atoms in total. The van der Waals surface area contributed by atoms with Crippen LogP contribution in [0.1, 0.15) is 36.4 Å². The standard InChI is InChI=1S/C12H17Cl2NOS/c1-3-8(4-2)9(13)7-15-12(16)10-5-6-11(14)17-10/h5-6,8-9H,3-4,7H2,1-2H3,(H,15,16). The number of carbonyl (C=O) groups excluding carboxylic acids is 1. The minimum Gasteiger partial charge on any atom is -0.350 e. The molecule has 17 heavy (non-hydrogen) atoms. The van der Waals surface area contributed by atoms with Crippen molar-refractivity contribution in [3.8, 4) is 0 Å². The van der Waals surface area contributed by atoms with Crippen LogP contribution in [0, 0.1) is 5.92 Å². The molecule has 1 unspecified atom stereocenters. The van der Waals surface area contributed by atoms with Crippen LogP contribution in [-0.2, 0) is 0 Å². The molecule has 0 bridgehead atoms. The van der Waals surface area contributed by atoms with Crippen molar-refractivity contribution in [1.29, 1.82) is 0 Å². The van der Waals surface area contributed by atoms with E-state index in [1.165, 1.54) is 11.3 Å². The van der Waals surface area contributed by atoms with Crippen LogP contribution >= 0.6 is 34.5 Å². The Balaban J connectivity index is 2.43. The molecule has 1 atom stereocenters. The van der Waals surface area contributed by atoms with Crippen LogP contribution in [-0.4, -0.2) is 17.8 Å². The van der Waals surface area contributed by atoms with Gasteiger partial charge in [0.1, 0.15) is 0 Å². The van der Waals surface area contributed by atoms with Gasteiger partial charge < -0.3 is 5.32 Å². The molecule has 5 heteroatoms. The van der Waals surface area contributed by atoms with Gasteiger partial charge in [-0.2, -0.15) is 0 Å².